The van der Waals surface area contributed by atoms with Crippen molar-refractivity contribution < 1.29 is 9.53 Å². The molecule has 2 rings (SSSR count). The van der Waals surface area contributed by atoms with E-state index in [4.69, 9.17) is 10.5 Å². The van der Waals surface area contributed by atoms with Gasteiger partial charge in [0.25, 0.3) is 0 Å². The molecule has 1 aliphatic heterocycles. The molecule has 21 heavy (non-hydrogen) atoms. The van der Waals surface area contributed by atoms with Gasteiger partial charge in [0.15, 0.2) is 0 Å². The van der Waals surface area contributed by atoms with Crippen molar-refractivity contribution in [2.24, 2.45) is 11.7 Å². The number of nitrogens with two attached hydrogens (primary N) is 1. The lowest BCUT2D eigenvalue weighted by Crippen LogP contribution is -2.45. The number of hydrogen-bond acceptors (Lipinski definition) is 5. The molecular formula is C15H25N3O2S. The van der Waals surface area contributed by atoms with Crippen LogP contribution in [0.15, 0.2) is 17.5 Å². The lowest BCUT2D eigenvalue weighted by Gasteiger charge is -2.34. The number of hydrogen-bond donors (Lipinski definition) is 2. The zero-order valence-electron chi connectivity index (χ0n) is 12.6. The first kappa shape index (κ1) is 16.4. The molecule has 0 radical (unpaired) electrons. The summed E-state index contributed by atoms with van der Waals surface area (Å²) >= 11 is 1.74. The fraction of sp³-hybridized carbons (Fsp3) is 0.667. The highest BCUT2D eigenvalue weighted by molar-refractivity contribution is 7.10. The summed E-state index contributed by atoms with van der Waals surface area (Å²) in [5.74, 6) is -0.0199. The molecule has 1 aromatic rings. The van der Waals surface area contributed by atoms with E-state index in [0.717, 1.165) is 32.7 Å². The van der Waals surface area contributed by atoms with Crippen LogP contribution in [0.1, 0.15) is 24.3 Å². The van der Waals surface area contributed by atoms with E-state index in [9.17, 15) is 4.79 Å². The standard InChI is InChI=1S/C15H25N3O2S/c1-2-12(10-16)15(19)17-11-13(14-4-3-9-21-14)18-5-7-20-8-6-18/h3-4,9,12-13H,2,5-8,10-11,16H2,1H3,(H,17,19). The quantitative estimate of drug-likeness (QED) is 0.794. The van der Waals surface area contributed by atoms with Crippen LogP contribution < -0.4 is 11.1 Å². The first-order chi connectivity index (χ1) is 10.3. The number of thiophene rings is 1. The molecule has 0 bridgehead atoms. The summed E-state index contributed by atoms with van der Waals surface area (Å²) in [4.78, 5) is 15.8. The normalized spacial score (nSPS) is 19.1. The molecule has 0 aliphatic carbocycles. The van der Waals surface area contributed by atoms with Gasteiger partial charge in [-0.15, -0.1) is 11.3 Å². The smallest absolute Gasteiger partial charge is 0.224 e. The topological polar surface area (TPSA) is 67.6 Å². The van der Waals surface area contributed by atoms with Crippen LogP contribution in [0.5, 0.6) is 0 Å². The highest BCUT2D eigenvalue weighted by atomic mass is 32.1. The average molecular weight is 311 g/mol. The van der Waals surface area contributed by atoms with E-state index in [0.29, 0.717) is 13.1 Å². The Hall–Kier alpha value is -0.950. The highest BCUT2D eigenvalue weighted by Gasteiger charge is 2.25. The van der Waals surface area contributed by atoms with Gasteiger partial charge in [-0.3, -0.25) is 9.69 Å². The lowest BCUT2D eigenvalue weighted by molar-refractivity contribution is -0.125. The van der Waals surface area contributed by atoms with Gasteiger partial charge in [-0.2, -0.15) is 0 Å². The Bertz CT molecular complexity index is 415. The van der Waals surface area contributed by atoms with E-state index < -0.39 is 0 Å². The summed E-state index contributed by atoms with van der Waals surface area (Å²) < 4.78 is 5.42. The van der Waals surface area contributed by atoms with Gasteiger partial charge in [0, 0.05) is 37.0 Å². The molecule has 1 aromatic heterocycles. The number of amides is 1. The van der Waals surface area contributed by atoms with Crippen molar-refractivity contribution in [3.8, 4) is 0 Å². The number of nitrogens with one attached hydrogen (secondary N) is 1. The monoisotopic (exact) mass is 311 g/mol. The van der Waals surface area contributed by atoms with Crippen LogP contribution in [0.2, 0.25) is 0 Å². The van der Waals surface area contributed by atoms with Gasteiger partial charge in [0.1, 0.15) is 0 Å². The Kier molecular flexibility index (Phi) is 6.63. The van der Waals surface area contributed by atoms with Crippen molar-refractivity contribution >= 4 is 17.2 Å². The van der Waals surface area contributed by atoms with Gasteiger partial charge >= 0.3 is 0 Å². The first-order valence-corrected chi connectivity index (χ1v) is 8.47. The number of nitrogens with zero attached hydrogens (tertiary/aromatic N) is 1. The number of ether oxygens (including phenoxy) is 1. The number of carbonyl (C=O) groups excluding carboxylic acids is 1. The van der Waals surface area contributed by atoms with Crippen molar-refractivity contribution in [1.29, 1.82) is 0 Å². The second-order valence-corrected chi connectivity index (χ2v) is 6.24. The van der Waals surface area contributed by atoms with E-state index in [-0.39, 0.29) is 17.9 Å². The minimum Gasteiger partial charge on any atom is -0.379 e. The van der Waals surface area contributed by atoms with Gasteiger partial charge in [0.05, 0.1) is 19.3 Å². The van der Waals surface area contributed by atoms with E-state index in [1.54, 1.807) is 11.3 Å². The molecule has 2 atom stereocenters. The van der Waals surface area contributed by atoms with Crippen molar-refractivity contribution in [3.05, 3.63) is 22.4 Å². The van der Waals surface area contributed by atoms with Gasteiger partial charge in [-0.05, 0) is 17.9 Å². The first-order valence-electron chi connectivity index (χ1n) is 7.59. The maximum Gasteiger partial charge on any atom is 0.224 e. The van der Waals surface area contributed by atoms with Crippen LogP contribution in [0.25, 0.3) is 0 Å². The molecule has 0 saturated carbocycles. The van der Waals surface area contributed by atoms with E-state index in [1.165, 1.54) is 4.88 Å². The Morgan fingerprint density at radius 1 is 1.52 bits per heavy atom. The molecule has 1 amide bonds. The largest absolute Gasteiger partial charge is 0.379 e. The molecule has 6 heteroatoms. The fourth-order valence-electron chi connectivity index (χ4n) is 2.58. The Balaban J connectivity index is 1.98. The molecule has 3 N–H and O–H groups in total. The molecule has 1 saturated heterocycles. The minimum atomic E-state index is -0.0846. The number of morpholine rings is 1. The summed E-state index contributed by atoms with van der Waals surface area (Å²) in [6.07, 6.45) is 0.781. The van der Waals surface area contributed by atoms with Crippen molar-refractivity contribution in [2.45, 2.75) is 19.4 Å². The third-order valence-electron chi connectivity index (χ3n) is 3.98. The predicted molar refractivity (Wildman–Crippen MR) is 85.3 cm³/mol. The number of rotatable bonds is 7. The molecule has 118 valence electrons. The Morgan fingerprint density at radius 2 is 2.29 bits per heavy atom. The molecular weight excluding hydrogens is 286 g/mol. The zero-order chi connectivity index (χ0) is 15.1. The van der Waals surface area contributed by atoms with Gasteiger partial charge in [-0.25, -0.2) is 0 Å². The summed E-state index contributed by atoms with van der Waals surface area (Å²) in [6, 6.07) is 4.43. The SMILES string of the molecule is CCC(CN)C(=O)NCC(c1cccs1)N1CCOCC1. The van der Waals surface area contributed by atoms with Gasteiger partial charge in [0.2, 0.25) is 5.91 Å². The summed E-state index contributed by atoms with van der Waals surface area (Å²) in [7, 11) is 0. The molecule has 1 aliphatic rings. The van der Waals surface area contributed by atoms with Gasteiger partial charge in [-0.1, -0.05) is 13.0 Å². The maximum absolute atomic E-state index is 12.1. The molecule has 2 unspecified atom stereocenters. The second kappa shape index (κ2) is 8.48. The summed E-state index contributed by atoms with van der Waals surface area (Å²) in [5, 5.41) is 5.16. The molecule has 5 nitrogen and oxygen atoms in total. The van der Waals surface area contributed by atoms with Crippen molar-refractivity contribution in [2.75, 3.05) is 39.4 Å². The van der Waals surface area contributed by atoms with Crippen LogP contribution in [0.3, 0.4) is 0 Å². The Labute approximate surface area is 130 Å². The van der Waals surface area contributed by atoms with E-state index >= 15 is 0 Å². The summed E-state index contributed by atoms with van der Waals surface area (Å²) in [6.45, 7) is 6.38. The van der Waals surface area contributed by atoms with Crippen LogP contribution in [0.4, 0.5) is 0 Å². The van der Waals surface area contributed by atoms with E-state index in [2.05, 4.69) is 27.7 Å². The van der Waals surface area contributed by atoms with Crippen LogP contribution in [-0.2, 0) is 9.53 Å². The number of carbonyl (C=O) groups is 1. The molecule has 0 spiro atoms. The maximum atomic E-state index is 12.1. The average Bonchev–Trinajstić information content (AvgIpc) is 3.04. The third kappa shape index (κ3) is 4.51. The highest BCUT2D eigenvalue weighted by Crippen LogP contribution is 2.25. The van der Waals surface area contributed by atoms with Crippen LogP contribution in [0, 0.1) is 5.92 Å². The lowest BCUT2D eigenvalue weighted by atomic mass is 10.1. The molecule has 2 heterocycles. The minimum absolute atomic E-state index is 0.0646. The second-order valence-electron chi connectivity index (χ2n) is 5.27. The Morgan fingerprint density at radius 3 is 2.86 bits per heavy atom. The van der Waals surface area contributed by atoms with Crippen LogP contribution >= 0.6 is 11.3 Å². The predicted octanol–water partition coefficient (Wildman–Crippen LogP) is 1.22. The van der Waals surface area contributed by atoms with E-state index in [1.807, 2.05) is 6.92 Å². The van der Waals surface area contributed by atoms with Crippen molar-refractivity contribution in [1.82, 2.24) is 10.2 Å². The summed E-state index contributed by atoms with van der Waals surface area (Å²) in [5.41, 5.74) is 5.64. The van der Waals surface area contributed by atoms with Gasteiger partial charge < -0.3 is 15.8 Å². The molecule has 0 aromatic carbocycles. The third-order valence-corrected chi connectivity index (χ3v) is 4.95. The fourth-order valence-corrected chi connectivity index (χ4v) is 3.44. The van der Waals surface area contributed by atoms with Crippen molar-refractivity contribution in [3.63, 3.8) is 0 Å². The van der Waals surface area contributed by atoms with Crippen LogP contribution in [-0.4, -0.2) is 50.2 Å². The molecule has 1 fully saturated rings. The zero-order valence-corrected chi connectivity index (χ0v) is 13.4.